The number of nitrogens with one attached hydrogen (secondary N) is 1. The Morgan fingerprint density at radius 1 is 1.37 bits per heavy atom. The Morgan fingerprint density at radius 2 is 2.16 bits per heavy atom. The second-order valence-electron chi connectivity index (χ2n) is 4.51. The molecule has 0 aliphatic heterocycles. The van der Waals surface area contributed by atoms with Gasteiger partial charge in [-0.1, -0.05) is 11.6 Å². The highest BCUT2D eigenvalue weighted by atomic mass is 35.5. The molecule has 1 aromatic heterocycles. The summed E-state index contributed by atoms with van der Waals surface area (Å²) in [6.07, 6.45) is 4.23. The Kier molecular flexibility index (Phi) is 4.51. The highest BCUT2D eigenvalue weighted by Crippen LogP contribution is 2.25. The average Bonchev–Trinajstić information content (AvgIpc) is 2.41. The molecule has 0 saturated carbocycles. The van der Waals surface area contributed by atoms with Gasteiger partial charge in [0.05, 0.1) is 0 Å². The second-order valence-corrected chi connectivity index (χ2v) is 4.92. The normalized spacial score (nSPS) is 12.4. The molecular weight excluding hydrogens is 263 g/mol. The fraction of sp³-hybridized carbons (Fsp3) is 0.267. The lowest BCUT2D eigenvalue weighted by Crippen LogP contribution is -2.20. The van der Waals surface area contributed by atoms with Crippen LogP contribution in [0.1, 0.15) is 22.7 Å². The van der Waals surface area contributed by atoms with Crippen LogP contribution in [0.4, 0.5) is 4.39 Å². The van der Waals surface area contributed by atoms with Gasteiger partial charge in [0.2, 0.25) is 0 Å². The smallest absolute Gasteiger partial charge is 0.123 e. The standard InChI is InChI=1S/C15H16ClFN2/c1-10-5-6-19-9-13(10)15(18-2)8-11-7-12(17)3-4-14(11)16/h3-7,9,15,18H,8H2,1-2H3. The van der Waals surface area contributed by atoms with Gasteiger partial charge in [0, 0.05) is 23.5 Å². The molecule has 1 atom stereocenters. The van der Waals surface area contributed by atoms with Gasteiger partial charge < -0.3 is 5.32 Å². The van der Waals surface area contributed by atoms with Gasteiger partial charge in [-0.2, -0.15) is 0 Å². The minimum absolute atomic E-state index is 0.0630. The zero-order chi connectivity index (χ0) is 13.8. The first-order valence-corrected chi connectivity index (χ1v) is 6.51. The maximum Gasteiger partial charge on any atom is 0.123 e. The van der Waals surface area contributed by atoms with Crippen LogP contribution < -0.4 is 5.32 Å². The van der Waals surface area contributed by atoms with E-state index in [1.165, 1.54) is 12.1 Å². The molecule has 0 aliphatic rings. The summed E-state index contributed by atoms with van der Waals surface area (Å²) >= 11 is 6.11. The summed E-state index contributed by atoms with van der Waals surface area (Å²) in [7, 11) is 1.88. The van der Waals surface area contributed by atoms with E-state index in [-0.39, 0.29) is 11.9 Å². The molecule has 2 rings (SSSR count). The van der Waals surface area contributed by atoms with Crippen LogP contribution in [0.25, 0.3) is 0 Å². The predicted octanol–water partition coefficient (Wildman–Crippen LogP) is 3.69. The summed E-state index contributed by atoms with van der Waals surface area (Å²) in [5, 5.41) is 3.82. The van der Waals surface area contributed by atoms with Crippen molar-refractivity contribution in [3.8, 4) is 0 Å². The Bertz CT molecular complexity index is 572. The summed E-state index contributed by atoms with van der Waals surface area (Å²) in [5.74, 6) is -0.267. The Morgan fingerprint density at radius 3 is 2.84 bits per heavy atom. The van der Waals surface area contributed by atoms with Crippen molar-refractivity contribution in [2.45, 2.75) is 19.4 Å². The van der Waals surface area contributed by atoms with E-state index in [0.29, 0.717) is 11.4 Å². The fourth-order valence-electron chi connectivity index (χ4n) is 2.13. The van der Waals surface area contributed by atoms with Gasteiger partial charge in [-0.15, -0.1) is 0 Å². The molecule has 2 aromatic rings. The molecule has 0 radical (unpaired) electrons. The SMILES string of the molecule is CNC(Cc1cc(F)ccc1Cl)c1cnccc1C. The number of nitrogens with zero attached hydrogens (tertiary/aromatic N) is 1. The van der Waals surface area contributed by atoms with E-state index >= 15 is 0 Å². The largest absolute Gasteiger partial charge is 0.313 e. The van der Waals surface area contributed by atoms with Gasteiger partial charge in [-0.25, -0.2) is 4.39 Å². The van der Waals surface area contributed by atoms with Crippen molar-refractivity contribution in [1.82, 2.24) is 10.3 Å². The lowest BCUT2D eigenvalue weighted by atomic mass is 9.97. The van der Waals surface area contributed by atoms with E-state index in [1.54, 1.807) is 12.3 Å². The van der Waals surface area contributed by atoms with Crippen molar-refractivity contribution in [2.24, 2.45) is 0 Å². The number of pyridine rings is 1. The van der Waals surface area contributed by atoms with Gasteiger partial charge >= 0.3 is 0 Å². The lowest BCUT2D eigenvalue weighted by Gasteiger charge is -2.19. The third-order valence-corrected chi connectivity index (χ3v) is 3.60. The third kappa shape index (κ3) is 3.31. The molecule has 100 valence electrons. The number of hydrogen-bond donors (Lipinski definition) is 1. The van der Waals surface area contributed by atoms with Crippen LogP contribution in [0.3, 0.4) is 0 Å². The van der Waals surface area contributed by atoms with Crippen LogP contribution >= 0.6 is 11.6 Å². The predicted molar refractivity (Wildman–Crippen MR) is 75.9 cm³/mol. The quantitative estimate of drug-likeness (QED) is 0.923. The van der Waals surface area contributed by atoms with Crippen molar-refractivity contribution in [1.29, 1.82) is 0 Å². The molecule has 0 aliphatic carbocycles. The van der Waals surface area contributed by atoms with Crippen LogP contribution in [0, 0.1) is 12.7 Å². The maximum absolute atomic E-state index is 13.3. The first-order valence-electron chi connectivity index (χ1n) is 6.13. The molecule has 1 heterocycles. The fourth-order valence-corrected chi connectivity index (χ4v) is 2.32. The van der Waals surface area contributed by atoms with Crippen molar-refractivity contribution in [3.05, 3.63) is 64.2 Å². The summed E-state index contributed by atoms with van der Waals surface area (Å²) < 4.78 is 13.3. The third-order valence-electron chi connectivity index (χ3n) is 3.24. The second kappa shape index (κ2) is 6.13. The number of hydrogen-bond acceptors (Lipinski definition) is 2. The Hall–Kier alpha value is -1.45. The van der Waals surface area contributed by atoms with Crippen LogP contribution in [-0.4, -0.2) is 12.0 Å². The summed E-state index contributed by atoms with van der Waals surface area (Å²) in [6.45, 7) is 2.04. The summed E-state index contributed by atoms with van der Waals surface area (Å²) in [6, 6.07) is 6.48. The van der Waals surface area contributed by atoms with E-state index in [0.717, 1.165) is 16.7 Å². The Balaban J connectivity index is 2.29. The molecule has 0 fully saturated rings. The van der Waals surface area contributed by atoms with E-state index in [4.69, 9.17) is 11.6 Å². The molecule has 2 nitrogen and oxygen atoms in total. The molecule has 0 bridgehead atoms. The van der Waals surface area contributed by atoms with Crippen LogP contribution in [0.5, 0.6) is 0 Å². The number of rotatable bonds is 4. The van der Waals surface area contributed by atoms with Crippen LogP contribution in [0.15, 0.2) is 36.7 Å². The number of aromatic nitrogens is 1. The molecule has 1 aromatic carbocycles. The van der Waals surface area contributed by atoms with Crippen LogP contribution in [0.2, 0.25) is 5.02 Å². The molecule has 0 spiro atoms. The minimum atomic E-state index is -0.267. The van der Waals surface area contributed by atoms with E-state index in [2.05, 4.69) is 10.3 Å². The van der Waals surface area contributed by atoms with Crippen molar-refractivity contribution >= 4 is 11.6 Å². The monoisotopic (exact) mass is 278 g/mol. The zero-order valence-electron chi connectivity index (χ0n) is 11.0. The highest BCUT2D eigenvalue weighted by Gasteiger charge is 2.14. The molecule has 0 amide bonds. The van der Waals surface area contributed by atoms with Crippen LogP contribution in [-0.2, 0) is 6.42 Å². The van der Waals surface area contributed by atoms with E-state index < -0.39 is 0 Å². The van der Waals surface area contributed by atoms with Gasteiger partial charge in [-0.3, -0.25) is 4.98 Å². The minimum Gasteiger partial charge on any atom is -0.313 e. The first kappa shape index (κ1) is 14.0. The zero-order valence-corrected chi connectivity index (χ0v) is 11.7. The van der Waals surface area contributed by atoms with Crippen molar-refractivity contribution in [3.63, 3.8) is 0 Å². The van der Waals surface area contributed by atoms with Gasteiger partial charge in [-0.05, 0) is 61.3 Å². The average molecular weight is 279 g/mol. The molecule has 1 unspecified atom stereocenters. The van der Waals surface area contributed by atoms with Crippen molar-refractivity contribution in [2.75, 3.05) is 7.05 Å². The van der Waals surface area contributed by atoms with Gasteiger partial charge in [0.1, 0.15) is 5.82 Å². The number of benzene rings is 1. The number of aryl methyl sites for hydroxylation is 1. The summed E-state index contributed by atoms with van der Waals surface area (Å²) in [5.41, 5.74) is 3.05. The molecule has 4 heteroatoms. The Labute approximate surface area is 117 Å². The highest BCUT2D eigenvalue weighted by molar-refractivity contribution is 6.31. The molecular formula is C15H16ClFN2. The van der Waals surface area contributed by atoms with Gasteiger partial charge in [0.15, 0.2) is 0 Å². The molecule has 0 saturated heterocycles. The number of halogens is 2. The van der Waals surface area contributed by atoms with Gasteiger partial charge in [0.25, 0.3) is 0 Å². The topological polar surface area (TPSA) is 24.9 Å². The molecule has 19 heavy (non-hydrogen) atoms. The lowest BCUT2D eigenvalue weighted by molar-refractivity contribution is 0.580. The van der Waals surface area contributed by atoms with Crippen molar-refractivity contribution < 1.29 is 4.39 Å². The molecule has 1 N–H and O–H groups in total. The van der Waals surface area contributed by atoms with E-state index in [9.17, 15) is 4.39 Å². The number of likely N-dealkylation sites (N-methyl/N-ethyl adjacent to an activating group) is 1. The van der Waals surface area contributed by atoms with E-state index in [1.807, 2.05) is 26.2 Å². The summed E-state index contributed by atoms with van der Waals surface area (Å²) in [4.78, 5) is 4.15. The maximum atomic E-state index is 13.3. The first-order chi connectivity index (χ1) is 9.11.